The number of nitrogens with zero attached hydrogens (tertiary/aromatic N) is 9. The van der Waals surface area contributed by atoms with Crippen molar-refractivity contribution in [3.05, 3.63) is 65.5 Å². The molecular weight excluding hydrogens is 2530 g/mol. The van der Waals surface area contributed by atoms with E-state index in [0.717, 1.165) is 44.1 Å². The van der Waals surface area contributed by atoms with Crippen LogP contribution >= 0.6 is 203 Å². The molecule has 0 radical (unpaired) electrons. The molecule has 0 spiro atoms. The van der Waals surface area contributed by atoms with E-state index in [4.69, 9.17) is 14.2 Å². The summed E-state index contributed by atoms with van der Waals surface area (Å²) in [5.74, 6) is -6.56. The van der Waals surface area contributed by atoms with Gasteiger partial charge in [-0.15, -0.1) is 0 Å². The normalized spacial score (nSPS) is 12.7. The van der Waals surface area contributed by atoms with E-state index in [0.29, 0.717) is 0 Å². The second-order valence-electron chi connectivity index (χ2n) is 25.3. The minimum absolute atomic E-state index is 0.0103. The second kappa shape index (κ2) is 54.4. The van der Waals surface area contributed by atoms with Gasteiger partial charge < -0.3 is 135 Å². The SMILES string of the molecule is CCC(COCC(O)CN(C(C)=O)c1c(I)c(C(=O)N(CCO)CCO)c(I)c(C(=O)N(CCO)CCO)c1I)(COCC(O)CN(C(C)=O)c1c(I)c(C(=O)N(CCO)CCO)c(I)c(C(=O)N(CCO)CCO)c1I)COCC(O)CN(C(C)=O)c1c(I)c(C(=O)N(CCO)CCO)c(I)c(C(=O)N(CCO)CCO)c1I. The van der Waals surface area contributed by atoms with Crippen molar-refractivity contribution in [2.45, 2.75) is 52.4 Å². The van der Waals surface area contributed by atoms with E-state index < -0.39 is 196 Å². The zero-order valence-corrected chi connectivity index (χ0v) is 82.2. The maximum atomic E-state index is 14.5. The van der Waals surface area contributed by atoms with Crippen LogP contribution in [0.25, 0.3) is 0 Å². The summed E-state index contributed by atoms with van der Waals surface area (Å²) in [6.45, 7) is -8.45. The van der Waals surface area contributed by atoms with Gasteiger partial charge in [0.1, 0.15) is 0 Å². The van der Waals surface area contributed by atoms with Gasteiger partial charge in [-0.1, -0.05) is 6.92 Å². The van der Waals surface area contributed by atoms with Crippen molar-refractivity contribution < 1.29 is 134 Å². The molecule has 0 aliphatic heterocycles. The molecule has 3 unspecified atom stereocenters. The molecule has 0 saturated heterocycles. The lowest BCUT2D eigenvalue weighted by atomic mass is 9.88. The van der Waals surface area contributed by atoms with Crippen LogP contribution < -0.4 is 14.7 Å². The van der Waals surface area contributed by atoms with Gasteiger partial charge in [0.15, 0.2) is 0 Å². The molecule has 0 saturated carbocycles. The Bertz CT molecular complexity index is 3180. The van der Waals surface area contributed by atoms with Crippen LogP contribution in [0.15, 0.2) is 0 Å². The first-order valence-electron chi connectivity index (χ1n) is 35.3. The predicted molar refractivity (Wildman–Crippen MR) is 492 cm³/mol. The zero-order chi connectivity index (χ0) is 86.2. The number of ether oxygens (including phenoxy) is 3. The zero-order valence-electron chi connectivity index (χ0n) is 62.8. The maximum Gasteiger partial charge on any atom is 0.256 e. The Morgan fingerprint density at radius 3 is 0.561 bits per heavy atom. The number of hydrogen-bond donors (Lipinski definition) is 15. The summed E-state index contributed by atoms with van der Waals surface area (Å²) in [7, 11) is 0. The van der Waals surface area contributed by atoms with Crippen molar-refractivity contribution >= 4 is 274 Å². The summed E-state index contributed by atoms with van der Waals surface area (Å²) in [4.78, 5) is 140. The highest BCUT2D eigenvalue weighted by atomic mass is 127. The third kappa shape index (κ3) is 28.9. The average Bonchev–Trinajstić information content (AvgIpc) is 0.763. The van der Waals surface area contributed by atoms with E-state index in [1.165, 1.54) is 20.8 Å². The summed E-state index contributed by atoms with van der Waals surface area (Å²) in [6.07, 6.45) is -4.69. The molecule has 0 aliphatic carbocycles. The first kappa shape index (κ1) is 107. The summed E-state index contributed by atoms with van der Waals surface area (Å²) in [5.41, 5.74) is -2.04. The van der Waals surface area contributed by atoms with Gasteiger partial charge in [0, 0.05) is 115 Å². The Morgan fingerprint density at radius 2 is 0.439 bits per heavy atom. The second-order valence-corrected chi connectivity index (χ2v) is 35.0. The van der Waals surface area contributed by atoms with Crippen LogP contribution in [0.3, 0.4) is 0 Å². The highest BCUT2D eigenvalue weighted by Gasteiger charge is 2.41. The monoisotopic (exact) mass is 2630 g/mol. The molecule has 3 atom stereocenters. The van der Waals surface area contributed by atoms with Crippen molar-refractivity contribution in [3.8, 4) is 0 Å². The van der Waals surface area contributed by atoms with Gasteiger partial charge in [0.05, 0.1) is 229 Å². The number of rotatable bonds is 52. The smallest absolute Gasteiger partial charge is 0.256 e. The van der Waals surface area contributed by atoms with Crippen molar-refractivity contribution in [3.63, 3.8) is 0 Å². The van der Waals surface area contributed by atoms with Crippen LogP contribution in [0.5, 0.6) is 0 Å². The Hall–Kier alpha value is -1.26. The highest BCUT2D eigenvalue weighted by molar-refractivity contribution is 14.1. The van der Waals surface area contributed by atoms with E-state index in [9.17, 15) is 120 Å². The fourth-order valence-electron chi connectivity index (χ4n) is 11.7. The van der Waals surface area contributed by atoms with Crippen LogP contribution in [-0.2, 0) is 28.6 Å². The van der Waals surface area contributed by atoms with Gasteiger partial charge in [-0.3, -0.25) is 43.2 Å². The van der Waals surface area contributed by atoms with Crippen LogP contribution in [0.2, 0.25) is 0 Å². The molecule has 114 heavy (non-hydrogen) atoms. The fraction of sp³-hybridized carbons (Fsp3) is 0.609. The highest BCUT2D eigenvalue weighted by Crippen LogP contribution is 2.43. The molecule has 0 heterocycles. The molecule has 0 aromatic heterocycles. The predicted octanol–water partition coefficient (Wildman–Crippen LogP) is -0.323. The summed E-state index contributed by atoms with van der Waals surface area (Å²) < 4.78 is 19.9. The lowest BCUT2D eigenvalue weighted by molar-refractivity contribution is -0.117. The Morgan fingerprint density at radius 1 is 0.289 bits per heavy atom. The lowest BCUT2D eigenvalue weighted by Crippen LogP contribution is -2.44. The number of halogens is 9. The third-order valence-corrected chi connectivity index (χ3v) is 26.9. The van der Waals surface area contributed by atoms with Gasteiger partial charge >= 0.3 is 0 Å². The molecule has 36 nitrogen and oxygen atoms in total. The minimum Gasteiger partial charge on any atom is -0.395 e. The third-order valence-electron chi connectivity index (χ3n) is 17.4. The van der Waals surface area contributed by atoms with Crippen molar-refractivity contribution in [1.29, 1.82) is 0 Å². The molecule has 0 bridgehead atoms. The number of anilines is 3. The van der Waals surface area contributed by atoms with Gasteiger partial charge in [0.25, 0.3) is 35.4 Å². The number of aliphatic hydroxyl groups excluding tert-OH is 15. The van der Waals surface area contributed by atoms with Gasteiger partial charge in [-0.05, 0) is 210 Å². The van der Waals surface area contributed by atoms with Crippen LogP contribution in [-0.4, -0.2) is 395 Å². The number of carbonyl (C=O) groups excluding carboxylic acids is 9. The molecule has 45 heteroatoms. The average molecular weight is 2630 g/mol. The fourth-order valence-corrected chi connectivity index (χ4v) is 25.7. The summed E-state index contributed by atoms with van der Waals surface area (Å²) in [5, 5.41) is 156. The summed E-state index contributed by atoms with van der Waals surface area (Å²) >= 11 is 16.4. The Balaban J connectivity index is 2.32. The molecular formula is C69H98I9N9O27. The van der Waals surface area contributed by atoms with Crippen molar-refractivity contribution in [2.24, 2.45) is 5.41 Å². The molecule has 3 rings (SSSR count). The molecule has 644 valence electrons. The Kier molecular flexibility index (Phi) is 51.0. The van der Waals surface area contributed by atoms with Gasteiger partial charge in [-0.25, -0.2) is 0 Å². The molecule has 0 fully saturated rings. The van der Waals surface area contributed by atoms with Gasteiger partial charge in [-0.2, -0.15) is 0 Å². The van der Waals surface area contributed by atoms with E-state index in [1.807, 2.05) is 136 Å². The number of benzene rings is 3. The first-order valence-corrected chi connectivity index (χ1v) is 45.0. The molecule has 15 N–H and O–H groups in total. The molecule has 3 aromatic carbocycles. The largest absolute Gasteiger partial charge is 0.395 e. The Labute approximate surface area is 782 Å². The number of carbonyl (C=O) groups is 9. The number of hydrogen-bond acceptors (Lipinski definition) is 27. The van der Waals surface area contributed by atoms with Crippen molar-refractivity contribution in [1.82, 2.24) is 29.4 Å². The van der Waals surface area contributed by atoms with Gasteiger partial charge in [0.2, 0.25) is 17.7 Å². The summed E-state index contributed by atoms with van der Waals surface area (Å²) in [6, 6.07) is 0. The molecule has 9 amide bonds. The van der Waals surface area contributed by atoms with E-state index in [2.05, 4.69) is 0 Å². The number of aliphatic hydroxyl groups is 15. The van der Waals surface area contributed by atoms with Crippen LogP contribution in [0.1, 0.15) is 96.3 Å². The van der Waals surface area contributed by atoms with E-state index >= 15 is 0 Å². The first-order chi connectivity index (χ1) is 54.0. The standard InChI is InChI=1S/C69H98I9N9O27/c1-5-69(36-112-33-42(103)30-85(39(2)100)60-54(73)45(63(106)79(6-18-88)7-19-89)51(70)46(55(60)74)64(107)80(8-20-90)9-21-91,37-113-34-43(104)31-86(40(3)101)61-56(75)47(65(108)81(10-22-92)11-23-93)52(71)48(57(61)76)66(109)82(12-24-94)13-25-95)38-114-35-44(105)32-87(41(4)102)62-58(77)49(67(110)83(14-26-96)15-27-97)53(72)50(59(62)78)68(111)84(16-28-98)17-29-99/h42-44,88-99,103-105H,5-38H2,1-4H3. The maximum absolute atomic E-state index is 14.5. The molecule has 3 aromatic rings. The van der Waals surface area contributed by atoms with E-state index in [1.54, 1.807) is 74.7 Å². The topological polar surface area (TPSA) is 514 Å². The quantitative estimate of drug-likeness (QED) is 0.0322. The van der Waals surface area contributed by atoms with Crippen LogP contribution in [0, 0.1) is 37.5 Å². The number of amides is 9. The lowest BCUT2D eigenvalue weighted by Gasteiger charge is -2.34. The minimum atomic E-state index is -1.59. The van der Waals surface area contributed by atoms with E-state index in [-0.39, 0.29) is 187 Å². The van der Waals surface area contributed by atoms with Crippen molar-refractivity contribution in [2.75, 3.05) is 232 Å². The molecule has 0 aliphatic rings. The van der Waals surface area contributed by atoms with Crippen LogP contribution in [0.4, 0.5) is 17.1 Å².